The van der Waals surface area contributed by atoms with E-state index in [0.717, 1.165) is 4.88 Å². The molecule has 8 heteroatoms. The van der Waals surface area contributed by atoms with Crippen LogP contribution in [0.15, 0.2) is 17.5 Å². The molecule has 21 heavy (non-hydrogen) atoms. The Kier molecular flexibility index (Phi) is 5.37. The summed E-state index contributed by atoms with van der Waals surface area (Å²) in [5.74, 6) is 0.0659. The summed E-state index contributed by atoms with van der Waals surface area (Å²) in [5, 5.41) is 2.00. The van der Waals surface area contributed by atoms with Gasteiger partial charge in [-0.15, -0.1) is 11.3 Å². The zero-order chi connectivity index (χ0) is 15.5. The highest BCUT2D eigenvalue weighted by Crippen LogP contribution is 2.11. The number of carbonyl (C=O) groups is 1. The van der Waals surface area contributed by atoms with E-state index in [2.05, 4.69) is 0 Å². The van der Waals surface area contributed by atoms with Gasteiger partial charge in [-0.2, -0.15) is 4.31 Å². The number of thiophene rings is 1. The molecule has 118 valence electrons. The van der Waals surface area contributed by atoms with Gasteiger partial charge >= 0.3 is 0 Å². The molecular formula is C13H21N3O3S2. The van der Waals surface area contributed by atoms with Crippen molar-refractivity contribution in [1.82, 2.24) is 14.1 Å². The minimum atomic E-state index is -3.12. The van der Waals surface area contributed by atoms with Crippen LogP contribution in [0.25, 0.3) is 0 Å². The SMILES string of the molecule is CN(Cc1cccs1)C(=O)CN1CCN(S(C)(=O)=O)CC1. The van der Waals surface area contributed by atoms with Crippen LogP contribution in [-0.4, -0.2) is 74.5 Å². The number of rotatable bonds is 5. The van der Waals surface area contributed by atoms with Gasteiger partial charge < -0.3 is 4.90 Å². The van der Waals surface area contributed by atoms with Crippen molar-refractivity contribution in [1.29, 1.82) is 0 Å². The zero-order valence-electron chi connectivity index (χ0n) is 12.4. The number of amides is 1. The van der Waals surface area contributed by atoms with E-state index in [1.54, 1.807) is 23.3 Å². The molecule has 1 aliphatic heterocycles. The van der Waals surface area contributed by atoms with Crippen molar-refractivity contribution >= 4 is 27.3 Å². The predicted octanol–water partition coefficient (Wildman–Crippen LogP) is 0.284. The molecular weight excluding hydrogens is 310 g/mol. The Morgan fingerprint density at radius 2 is 2.00 bits per heavy atom. The lowest BCUT2D eigenvalue weighted by molar-refractivity contribution is -0.131. The molecule has 0 radical (unpaired) electrons. The van der Waals surface area contributed by atoms with E-state index >= 15 is 0 Å². The van der Waals surface area contributed by atoms with Crippen LogP contribution in [0.4, 0.5) is 0 Å². The second-order valence-corrected chi connectivity index (χ2v) is 8.28. The fraction of sp³-hybridized carbons (Fsp3) is 0.615. The van der Waals surface area contributed by atoms with E-state index < -0.39 is 10.0 Å². The molecule has 1 aromatic rings. The molecule has 6 nitrogen and oxygen atoms in total. The van der Waals surface area contributed by atoms with Gasteiger partial charge in [0.15, 0.2) is 0 Å². The quantitative estimate of drug-likeness (QED) is 0.778. The fourth-order valence-corrected chi connectivity index (χ4v) is 3.84. The number of nitrogens with zero attached hydrogens (tertiary/aromatic N) is 3. The molecule has 0 atom stereocenters. The Hall–Kier alpha value is -0.960. The van der Waals surface area contributed by atoms with Crippen molar-refractivity contribution in [3.05, 3.63) is 22.4 Å². The molecule has 0 bridgehead atoms. The lowest BCUT2D eigenvalue weighted by Gasteiger charge is -2.33. The van der Waals surface area contributed by atoms with Crippen LogP contribution in [0.3, 0.4) is 0 Å². The van der Waals surface area contributed by atoms with Crippen LogP contribution in [-0.2, 0) is 21.4 Å². The van der Waals surface area contributed by atoms with Crippen molar-refractivity contribution in [3.8, 4) is 0 Å². The molecule has 0 spiro atoms. The van der Waals surface area contributed by atoms with Gasteiger partial charge in [0.1, 0.15) is 0 Å². The summed E-state index contributed by atoms with van der Waals surface area (Å²) in [7, 11) is -1.32. The molecule has 0 saturated carbocycles. The number of hydrogen-bond donors (Lipinski definition) is 0. The maximum atomic E-state index is 12.2. The topological polar surface area (TPSA) is 60.9 Å². The van der Waals surface area contributed by atoms with Gasteiger partial charge in [0, 0.05) is 38.1 Å². The van der Waals surface area contributed by atoms with Crippen LogP contribution < -0.4 is 0 Å². The molecule has 1 fully saturated rings. The molecule has 1 saturated heterocycles. The Balaban J connectivity index is 1.79. The first kappa shape index (κ1) is 16.4. The van der Waals surface area contributed by atoms with Gasteiger partial charge in [-0.25, -0.2) is 8.42 Å². The van der Waals surface area contributed by atoms with Crippen LogP contribution >= 0.6 is 11.3 Å². The molecule has 1 amide bonds. The average molecular weight is 331 g/mol. The van der Waals surface area contributed by atoms with E-state index in [1.807, 2.05) is 22.4 Å². The third kappa shape index (κ3) is 4.77. The summed E-state index contributed by atoms with van der Waals surface area (Å²) in [4.78, 5) is 17.1. The third-order valence-corrected chi connectivity index (χ3v) is 5.72. The predicted molar refractivity (Wildman–Crippen MR) is 83.6 cm³/mol. The Labute approximate surface area is 130 Å². The molecule has 1 aliphatic rings. The van der Waals surface area contributed by atoms with Gasteiger partial charge in [0.25, 0.3) is 0 Å². The minimum absolute atomic E-state index is 0.0659. The summed E-state index contributed by atoms with van der Waals surface area (Å²) in [6, 6.07) is 3.99. The van der Waals surface area contributed by atoms with E-state index in [0.29, 0.717) is 39.3 Å². The van der Waals surface area contributed by atoms with Gasteiger partial charge in [0.05, 0.1) is 19.3 Å². The molecule has 0 aromatic carbocycles. The highest BCUT2D eigenvalue weighted by atomic mass is 32.2. The third-order valence-electron chi connectivity index (χ3n) is 3.56. The van der Waals surface area contributed by atoms with E-state index in [9.17, 15) is 13.2 Å². The largest absolute Gasteiger partial charge is 0.340 e. The summed E-state index contributed by atoms with van der Waals surface area (Å²) in [5.41, 5.74) is 0. The Morgan fingerprint density at radius 1 is 1.33 bits per heavy atom. The van der Waals surface area contributed by atoms with Crippen LogP contribution in [0, 0.1) is 0 Å². The lowest BCUT2D eigenvalue weighted by Crippen LogP contribution is -2.50. The Morgan fingerprint density at radius 3 is 2.52 bits per heavy atom. The molecule has 0 aliphatic carbocycles. The van der Waals surface area contributed by atoms with Crippen molar-refractivity contribution in [3.63, 3.8) is 0 Å². The maximum absolute atomic E-state index is 12.2. The zero-order valence-corrected chi connectivity index (χ0v) is 14.0. The lowest BCUT2D eigenvalue weighted by atomic mass is 10.3. The second kappa shape index (κ2) is 6.87. The van der Waals surface area contributed by atoms with E-state index in [1.165, 1.54) is 10.6 Å². The van der Waals surface area contributed by atoms with Crippen LogP contribution in [0.2, 0.25) is 0 Å². The van der Waals surface area contributed by atoms with Crippen LogP contribution in [0.1, 0.15) is 4.88 Å². The molecule has 1 aromatic heterocycles. The first-order chi connectivity index (χ1) is 9.86. The molecule has 2 rings (SSSR count). The first-order valence-electron chi connectivity index (χ1n) is 6.80. The monoisotopic (exact) mass is 331 g/mol. The van der Waals surface area contributed by atoms with Crippen molar-refractivity contribution in [2.45, 2.75) is 6.54 Å². The maximum Gasteiger partial charge on any atom is 0.236 e. The molecule has 0 unspecified atom stereocenters. The average Bonchev–Trinajstić information content (AvgIpc) is 2.91. The minimum Gasteiger partial charge on any atom is -0.340 e. The first-order valence-corrected chi connectivity index (χ1v) is 9.53. The van der Waals surface area contributed by atoms with E-state index in [4.69, 9.17) is 0 Å². The van der Waals surface area contributed by atoms with E-state index in [-0.39, 0.29) is 5.91 Å². The summed E-state index contributed by atoms with van der Waals surface area (Å²) >= 11 is 1.64. The standard InChI is InChI=1S/C13H21N3O3S2/c1-14(10-12-4-3-9-20-12)13(17)11-15-5-7-16(8-6-15)21(2,18)19/h3-4,9H,5-8,10-11H2,1-2H3. The van der Waals surface area contributed by atoms with Gasteiger partial charge in [-0.05, 0) is 11.4 Å². The number of carbonyl (C=O) groups excluding carboxylic acids is 1. The highest BCUT2D eigenvalue weighted by Gasteiger charge is 2.25. The van der Waals surface area contributed by atoms with Gasteiger partial charge in [-0.1, -0.05) is 6.07 Å². The number of hydrogen-bond acceptors (Lipinski definition) is 5. The fourth-order valence-electron chi connectivity index (χ4n) is 2.26. The number of sulfonamides is 1. The molecule has 2 heterocycles. The second-order valence-electron chi connectivity index (χ2n) is 5.27. The van der Waals surface area contributed by atoms with Crippen molar-refractivity contribution in [2.75, 3.05) is 46.0 Å². The number of likely N-dealkylation sites (N-methyl/N-ethyl adjacent to an activating group) is 1. The summed E-state index contributed by atoms with van der Waals surface area (Å²) < 4.78 is 24.3. The Bertz CT molecular complexity index is 563. The summed E-state index contributed by atoms with van der Waals surface area (Å²) in [6.45, 7) is 3.10. The summed E-state index contributed by atoms with van der Waals surface area (Å²) in [6.07, 6.45) is 1.22. The smallest absolute Gasteiger partial charge is 0.236 e. The van der Waals surface area contributed by atoms with Gasteiger partial charge in [0.2, 0.25) is 15.9 Å². The van der Waals surface area contributed by atoms with Gasteiger partial charge in [-0.3, -0.25) is 9.69 Å². The number of piperazine rings is 1. The van der Waals surface area contributed by atoms with Crippen LogP contribution in [0.5, 0.6) is 0 Å². The van der Waals surface area contributed by atoms with Crippen molar-refractivity contribution < 1.29 is 13.2 Å². The van der Waals surface area contributed by atoms with Crippen molar-refractivity contribution in [2.24, 2.45) is 0 Å². The molecule has 0 N–H and O–H groups in total. The highest BCUT2D eigenvalue weighted by molar-refractivity contribution is 7.88. The normalized spacial score (nSPS) is 17.8.